The van der Waals surface area contributed by atoms with Crippen molar-refractivity contribution in [1.82, 2.24) is 10.2 Å². The van der Waals surface area contributed by atoms with Crippen LogP contribution in [0.1, 0.15) is 51.9 Å². The molecule has 0 radical (unpaired) electrons. The van der Waals surface area contributed by atoms with Crippen molar-refractivity contribution in [3.8, 4) is 0 Å². The number of hydrogen-bond acceptors (Lipinski definition) is 3. The van der Waals surface area contributed by atoms with Gasteiger partial charge in [-0.3, -0.25) is 5.10 Å². The van der Waals surface area contributed by atoms with Crippen LogP contribution in [0.4, 0.5) is 11.5 Å². The first-order valence-electron chi connectivity index (χ1n) is 8.24. The SMILES string of the molecule is CCC(Nc1cn[nH]c1N)C12CC3CC(CC(C3)C1)C2. The molecule has 4 aliphatic rings. The van der Waals surface area contributed by atoms with Crippen LogP contribution in [0.25, 0.3) is 0 Å². The Balaban J connectivity index is 1.59. The molecule has 4 fully saturated rings. The summed E-state index contributed by atoms with van der Waals surface area (Å²) in [6.45, 7) is 2.31. The molecule has 0 saturated heterocycles. The molecule has 4 heteroatoms. The normalized spacial score (nSPS) is 40.0. The molecule has 0 aliphatic heterocycles. The van der Waals surface area contributed by atoms with Crippen molar-refractivity contribution in [2.75, 3.05) is 11.1 Å². The van der Waals surface area contributed by atoms with Crippen molar-refractivity contribution in [1.29, 1.82) is 0 Å². The topological polar surface area (TPSA) is 66.7 Å². The van der Waals surface area contributed by atoms with E-state index in [0.717, 1.165) is 23.4 Å². The van der Waals surface area contributed by atoms with Gasteiger partial charge >= 0.3 is 0 Å². The lowest BCUT2D eigenvalue weighted by Crippen LogP contribution is -2.53. The van der Waals surface area contributed by atoms with Crippen molar-refractivity contribution in [2.45, 2.75) is 57.9 Å². The van der Waals surface area contributed by atoms with Gasteiger partial charge in [-0.25, -0.2) is 0 Å². The van der Waals surface area contributed by atoms with E-state index in [4.69, 9.17) is 5.73 Å². The van der Waals surface area contributed by atoms with Crippen molar-refractivity contribution in [2.24, 2.45) is 23.2 Å². The molecule has 4 bridgehead atoms. The molecule has 0 aromatic carbocycles. The van der Waals surface area contributed by atoms with E-state index in [1.807, 2.05) is 6.20 Å². The van der Waals surface area contributed by atoms with Gasteiger partial charge in [0.05, 0.1) is 11.9 Å². The number of nitrogen functional groups attached to an aromatic ring is 1. The number of aromatic amines is 1. The second kappa shape index (κ2) is 4.40. The predicted octanol–water partition coefficient (Wildman–Crippen LogP) is 3.40. The fourth-order valence-electron chi connectivity index (χ4n) is 5.89. The third-order valence-corrected chi connectivity index (χ3v) is 6.23. The molecular formula is C16H26N4. The van der Waals surface area contributed by atoms with Gasteiger partial charge in [0.1, 0.15) is 5.82 Å². The van der Waals surface area contributed by atoms with E-state index in [0.29, 0.717) is 17.3 Å². The Hall–Kier alpha value is -1.19. The number of nitrogens with zero attached hydrogens (tertiary/aromatic N) is 1. The highest BCUT2D eigenvalue weighted by molar-refractivity contribution is 5.60. The average Bonchev–Trinajstić information content (AvgIpc) is 2.79. The molecule has 5 rings (SSSR count). The zero-order valence-electron chi connectivity index (χ0n) is 12.4. The van der Waals surface area contributed by atoms with E-state index in [1.54, 1.807) is 0 Å². The molecule has 1 aromatic heterocycles. The lowest BCUT2D eigenvalue weighted by molar-refractivity contribution is -0.0636. The van der Waals surface area contributed by atoms with Crippen LogP contribution in [0, 0.1) is 23.2 Å². The number of hydrogen-bond donors (Lipinski definition) is 3. The summed E-state index contributed by atoms with van der Waals surface area (Å²) in [5.74, 6) is 3.67. The summed E-state index contributed by atoms with van der Waals surface area (Å²) in [6, 6.07) is 0.552. The molecule has 4 N–H and O–H groups in total. The first-order chi connectivity index (χ1) is 9.68. The summed E-state index contributed by atoms with van der Waals surface area (Å²) in [6.07, 6.45) is 11.8. The summed E-state index contributed by atoms with van der Waals surface area (Å²) in [5, 5.41) is 10.6. The molecule has 0 amide bonds. The molecule has 20 heavy (non-hydrogen) atoms. The second-order valence-electron chi connectivity index (χ2n) is 7.58. The maximum absolute atomic E-state index is 5.95. The van der Waals surface area contributed by atoms with Gasteiger partial charge in [0, 0.05) is 6.04 Å². The Morgan fingerprint density at radius 3 is 2.35 bits per heavy atom. The number of nitrogens with one attached hydrogen (secondary N) is 2. The summed E-state index contributed by atoms with van der Waals surface area (Å²) in [7, 11) is 0. The number of nitrogens with two attached hydrogens (primary N) is 1. The highest BCUT2D eigenvalue weighted by Gasteiger charge is 2.53. The van der Waals surface area contributed by atoms with Crippen molar-refractivity contribution in [3.05, 3.63) is 6.20 Å². The van der Waals surface area contributed by atoms with Crippen LogP contribution in [-0.2, 0) is 0 Å². The molecule has 1 heterocycles. The molecule has 1 aromatic rings. The first-order valence-corrected chi connectivity index (χ1v) is 8.24. The van der Waals surface area contributed by atoms with E-state index in [-0.39, 0.29) is 0 Å². The minimum absolute atomic E-state index is 0.521. The fourth-order valence-corrected chi connectivity index (χ4v) is 5.89. The van der Waals surface area contributed by atoms with Crippen LogP contribution in [0.15, 0.2) is 6.20 Å². The van der Waals surface area contributed by atoms with Crippen LogP contribution in [0.2, 0.25) is 0 Å². The number of H-pyrrole nitrogens is 1. The van der Waals surface area contributed by atoms with Crippen LogP contribution in [0.3, 0.4) is 0 Å². The predicted molar refractivity (Wildman–Crippen MR) is 81.3 cm³/mol. The largest absolute Gasteiger partial charge is 0.382 e. The molecule has 1 unspecified atom stereocenters. The Morgan fingerprint density at radius 2 is 1.90 bits per heavy atom. The highest BCUT2D eigenvalue weighted by atomic mass is 15.2. The Labute approximate surface area is 120 Å². The Kier molecular flexibility index (Phi) is 2.76. The Morgan fingerprint density at radius 1 is 1.30 bits per heavy atom. The van der Waals surface area contributed by atoms with Crippen molar-refractivity contribution < 1.29 is 0 Å². The molecular weight excluding hydrogens is 248 g/mol. The molecule has 4 saturated carbocycles. The maximum Gasteiger partial charge on any atom is 0.142 e. The van der Waals surface area contributed by atoms with Crippen LogP contribution in [-0.4, -0.2) is 16.2 Å². The minimum atomic E-state index is 0.521. The molecule has 1 atom stereocenters. The second-order valence-corrected chi connectivity index (χ2v) is 7.58. The van der Waals surface area contributed by atoms with E-state index in [1.165, 1.54) is 44.9 Å². The van der Waals surface area contributed by atoms with E-state index >= 15 is 0 Å². The van der Waals surface area contributed by atoms with Crippen LogP contribution in [0.5, 0.6) is 0 Å². The monoisotopic (exact) mass is 274 g/mol. The molecule has 110 valence electrons. The number of aromatic nitrogens is 2. The minimum Gasteiger partial charge on any atom is -0.382 e. The lowest BCUT2D eigenvalue weighted by atomic mass is 9.47. The third-order valence-electron chi connectivity index (χ3n) is 6.23. The lowest BCUT2D eigenvalue weighted by Gasteiger charge is -2.59. The van der Waals surface area contributed by atoms with Gasteiger partial charge in [-0.15, -0.1) is 0 Å². The molecule has 4 aliphatic carbocycles. The number of anilines is 2. The van der Waals surface area contributed by atoms with Crippen LogP contribution >= 0.6 is 0 Å². The van der Waals surface area contributed by atoms with E-state index in [2.05, 4.69) is 22.4 Å². The standard InChI is InChI=1S/C16H26N4/c1-2-14(19-13-9-18-20-15(13)17)16-6-10-3-11(7-16)5-12(4-10)8-16/h9-12,14,19H,2-8H2,1H3,(H3,17,18,20). The van der Waals surface area contributed by atoms with Gasteiger partial charge in [0.25, 0.3) is 0 Å². The fraction of sp³-hybridized carbons (Fsp3) is 0.812. The van der Waals surface area contributed by atoms with E-state index < -0.39 is 0 Å². The zero-order chi connectivity index (χ0) is 13.7. The van der Waals surface area contributed by atoms with Gasteiger partial charge in [-0.1, -0.05) is 6.92 Å². The smallest absolute Gasteiger partial charge is 0.142 e. The van der Waals surface area contributed by atoms with Gasteiger partial charge in [0.15, 0.2) is 0 Å². The Bertz CT molecular complexity index is 457. The summed E-state index contributed by atoms with van der Waals surface area (Å²) < 4.78 is 0. The third kappa shape index (κ3) is 1.84. The first kappa shape index (κ1) is 12.5. The van der Waals surface area contributed by atoms with E-state index in [9.17, 15) is 0 Å². The molecule has 0 spiro atoms. The van der Waals surface area contributed by atoms with Crippen molar-refractivity contribution in [3.63, 3.8) is 0 Å². The highest BCUT2D eigenvalue weighted by Crippen LogP contribution is 2.62. The van der Waals surface area contributed by atoms with Crippen molar-refractivity contribution >= 4 is 11.5 Å². The average molecular weight is 274 g/mol. The molecule has 4 nitrogen and oxygen atoms in total. The van der Waals surface area contributed by atoms with Gasteiger partial charge in [-0.2, -0.15) is 5.10 Å². The van der Waals surface area contributed by atoms with Gasteiger partial charge in [0.2, 0.25) is 0 Å². The van der Waals surface area contributed by atoms with Gasteiger partial charge < -0.3 is 11.1 Å². The zero-order valence-corrected chi connectivity index (χ0v) is 12.4. The maximum atomic E-state index is 5.95. The quantitative estimate of drug-likeness (QED) is 0.788. The number of rotatable bonds is 4. The summed E-state index contributed by atoms with van der Waals surface area (Å²) in [5.41, 5.74) is 7.47. The summed E-state index contributed by atoms with van der Waals surface area (Å²) >= 11 is 0. The summed E-state index contributed by atoms with van der Waals surface area (Å²) in [4.78, 5) is 0. The van der Waals surface area contributed by atoms with Gasteiger partial charge in [-0.05, 0) is 68.1 Å². The van der Waals surface area contributed by atoms with Crippen LogP contribution < -0.4 is 11.1 Å².